The van der Waals surface area contributed by atoms with Crippen molar-refractivity contribution in [3.63, 3.8) is 0 Å². The molecular formula is C23H28FN3O2. The number of piperazine rings is 1. The third kappa shape index (κ3) is 4.77. The van der Waals surface area contributed by atoms with Crippen LogP contribution in [-0.2, 0) is 13.2 Å². The van der Waals surface area contributed by atoms with Crippen molar-refractivity contribution < 1.29 is 13.9 Å². The molecule has 0 bridgehead atoms. The summed E-state index contributed by atoms with van der Waals surface area (Å²) in [6.45, 7) is 3.61. The van der Waals surface area contributed by atoms with Crippen LogP contribution in [0.25, 0.3) is 0 Å². The first-order valence-corrected chi connectivity index (χ1v) is 10.3. The Hall–Kier alpha value is -2.44. The van der Waals surface area contributed by atoms with E-state index in [1.165, 1.54) is 12.8 Å². The Morgan fingerprint density at radius 3 is 2.45 bits per heavy atom. The van der Waals surface area contributed by atoms with Crippen molar-refractivity contribution in [1.29, 1.82) is 0 Å². The van der Waals surface area contributed by atoms with Crippen LogP contribution in [0.2, 0.25) is 0 Å². The standard InChI is InChI=1S/C23H28FN3O2/c1-25-16-19-14-18(23(28)27-12-10-26(11-13-27)20-5-6-20)4-9-22(19)29-21-7-2-17(15-24)3-8-21/h2-4,7-9,14,20,25H,5-6,10-13,15-16H2,1H3. The molecule has 1 heterocycles. The first-order valence-electron chi connectivity index (χ1n) is 10.3. The number of halogens is 1. The molecule has 0 spiro atoms. The van der Waals surface area contributed by atoms with E-state index in [0.29, 0.717) is 29.2 Å². The normalized spacial score (nSPS) is 17.4. The summed E-state index contributed by atoms with van der Waals surface area (Å²) in [5.74, 6) is 1.42. The Bertz CT molecular complexity index is 844. The van der Waals surface area contributed by atoms with Gasteiger partial charge in [0.25, 0.3) is 5.91 Å². The number of carbonyl (C=O) groups is 1. The van der Waals surface area contributed by atoms with Gasteiger partial charge in [-0.15, -0.1) is 0 Å². The molecule has 1 saturated carbocycles. The van der Waals surface area contributed by atoms with E-state index in [2.05, 4.69) is 10.2 Å². The minimum absolute atomic E-state index is 0.0802. The van der Waals surface area contributed by atoms with Crippen LogP contribution in [-0.4, -0.2) is 55.0 Å². The van der Waals surface area contributed by atoms with Crippen molar-refractivity contribution >= 4 is 5.91 Å². The van der Waals surface area contributed by atoms with Gasteiger partial charge in [0.15, 0.2) is 0 Å². The highest BCUT2D eigenvalue weighted by Crippen LogP contribution is 2.29. The Morgan fingerprint density at radius 2 is 1.83 bits per heavy atom. The van der Waals surface area contributed by atoms with Crippen LogP contribution in [0.3, 0.4) is 0 Å². The molecule has 2 aromatic carbocycles. The number of hydrogen-bond donors (Lipinski definition) is 1. The predicted octanol–water partition coefficient (Wildman–Crippen LogP) is 3.59. The number of alkyl halides is 1. The topological polar surface area (TPSA) is 44.8 Å². The lowest BCUT2D eigenvalue weighted by molar-refractivity contribution is 0.0627. The maximum absolute atomic E-state index is 13.0. The highest BCUT2D eigenvalue weighted by Gasteiger charge is 2.32. The maximum atomic E-state index is 13.0. The van der Waals surface area contributed by atoms with E-state index in [1.807, 2.05) is 30.1 Å². The van der Waals surface area contributed by atoms with Gasteiger partial charge in [-0.3, -0.25) is 9.69 Å². The molecule has 2 aliphatic rings. The summed E-state index contributed by atoms with van der Waals surface area (Å²) in [7, 11) is 1.87. The number of nitrogens with one attached hydrogen (secondary N) is 1. The second-order valence-corrected chi connectivity index (χ2v) is 7.79. The smallest absolute Gasteiger partial charge is 0.253 e. The summed E-state index contributed by atoms with van der Waals surface area (Å²) in [6.07, 6.45) is 2.61. The van der Waals surface area contributed by atoms with Gasteiger partial charge in [-0.25, -0.2) is 4.39 Å². The van der Waals surface area contributed by atoms with Crippen molar-refractivity contribution in [3.8, 4) is 11.5 Å². The quantitative estimate of drug-likeness (QED) is 0.776. The molecule has 1 aliphatic carbocycles. The Morgan fingerprint density at radius 1 is 1.10 bits per heavy atom. The molecule has 2 aromatic rings. The highest BCUT2D eigenvalue weighted by molar-refractivity contribution is 5.94. The number of ether oxygens (including phenoxy) is 1. The van der Waals surface area contributed by atoms with E-state index in [9.17, 15) is 9.18 Å². The van der Waals surface area contributed by atoms with E-state index >= 15 is 0 Å². The molecule has 0 atom stereocenters. The summed E-state index contributed by atoms with van der Waals surface area (Å²) >= 11 is 0. The molecule has 5 nitrogen and oxygen atoms in total. The molecule has 2 fully saturated rings. The van der Waals surface area contributed by atoms with Crippen molar-refractivity contribution in [2.45, 2.75) is 32.1 Å². The minimum atomic E-state index is -0.489. The summed E-state index contributed by atoms with van der Waals surface area (Å²) in [5.41, 5.74) is 2.23. The third-order valence-corrected chi connectivity index (χ3v) is 5.64. The van der Waals surface area contributed by atoms with Crippen molar-refractivity contribution in [2.24, 2.45) is 0 Å². The lowest BCUT2D eigenvalue weighted by Crippen LogP contribution is -2.49. The highest BCUT2D eigenvalue weighted by atomic mass is 19.1. The zero-order valence-electron chi connectivity index (χ0n) is 16.9. The number of rotatable bonds is 7. The number of nitrogens with zero attached hydrogens (tertiary/aromatic N) is 2. The fraction of sp³-hybridized carbons (Fsp3) is 0.435. The van der Waals surface area contributed by atoms with Gasteiger partial charge in [-0.2, -0.15) is 0 Å². The van der Waals surface area contributed by atoms with Gasteiger partial charge in [0.05, 0.1) is 0 Å². The largest absolute Gasteiger partial charge is 0.457 e. The van der Waals surface area contributed by atoms with Gasteiger partial charge in [0.2, 0.25) is 0 Å². The molecule has 29 heavy (non-hydrogen) atoms. The minimum Gasteiger partial charge on any atom is -0.457 e. The molecule has 4 rings (SSSR count). The van der Waals surface area contributed by atoms with Crippen molar-refractivity contribution in [2.75, 3.05) is 33.2 Å². The van der Waals surface area contributed by atoms with E-state index in [-0.39, 0.29) is 5.91 Å². The van der Waals surface area contributed by atoms with Crippen LogP contribution in [0.4, 0.5) is 4.39 Å². The van der Waals surface area contributed by atoms with Gasteiger partial charge in [0, 0.05) is 49.9 Å². The molecule has 1 saturated heterocycles. The Labute approximate surface area is 171 Å². The van der Waals surface area contributed by atoms with Gasteiger partial charge in [-0.1, -0.05) is 12.1 Å². The van der Waals surface area contributed by atoms with E-state index in [0.717, 1.165) is 37.8 Å². The Balaban J connectivity index is 1.46. The molecule has 0 unspecified atom stereocenters. The first kappa shape index (κ1) is 19.9. The van der Waals surface area contributed by atoms with Gasteiger partial charge in [0.1, 0.15) is 18.2 Å². The summed E-state index contributed by atoms with van der Waals surface area (Å²) in [5, 5.41) is 3.14. The zero-order valence-corrected chi connectivity index (χ0v) is 16.9. The molecule has 6 heteroatoms. The van der Waals surface area contributed by atoms with Gasteiger partial charge < -0.3 is 15.0 Å². The molecule has 1 N–H and O–H groups in total. The van der Waals surface area contributed by atoms with Crippen LogP contribution >= 0.6 is 0 Å². The van der Waals surface area contributed by atoms with Crippen LogP contribution in [0.1, 0.15) is 34.3 Å². The molecule has 0 radical (unpaired) electrons. The number of amides is 1. The SMILES string of the molecule is CNCc1cc(C(=O)N2CCN(C3CC3)CC2)ccc1Oc1ccc(CF)cc1. The molecular weight excluding hydrogens is 369 g/mol. The lowest BCUT2D eigenvalue weighted by atomic mass is 10.1. The number of carbonyl (C=O) groups excluding carboxylic acids is 1. The molecule has 1 amide bonds. The zero-order chi connectivity index (χ0) is 20.2. The molecule has 0 aromatic heterocycles. The molecule has 1 aliphatic heterocycles. The van der Waals surface area contributed by atoms with Crippen LogP contribution < -0.4 is 10.1 Å². The summed E-state index contributed by atoms with van der Waals surface area (Å²) in [4.78, 5) is 17.5. The fourth-order valence-electron chi connectivity index (χ4n) is 3.83. The fourth-order valence-corrected chi connectivity index (χ4v) is 3.83. The number of hydrogen-bond acceptors (Lipinski definition) is 4. The third-order valence-electron chi connectivity index (χ3n) is 5.64. The van der Waals surface area contributed by atoms with E-state index in [4.69, 9.17) is 4.74 Å². The second kappa shape index (κ2) is 8.93. The Kier molecular flexibility index (Phi) is 6.11. The number of benzene rings is 2. The first-order chi connectivity index (χ1) is 14.2. The van der Waals surface area contributed by atoms with E-state index < -0.39 is 6.67 Å². The average Bonchev–Trinajstić information content (AvgIpc) is 3.61. The van der Waals surface area contributed by atoms with E-state index in [1.54, 1.807) is 24.3 Å². The van der Waals surface area contributed by atoms with Crippen molar-refractivity contribution in [1.82, 2.24) is 15.1 Å². The van der Waals surface area contributed by atoms with Gasteiger partial charge >= 0.3 is 0 Å². The van der Waals surface area contributed by atoms with Gasteiger partial charge in [-0.05, 0) is 55.8 Å². The van der Waals surface area contributed by atoms with Crippen LogP contribution in [0.5, 0.6) is 11.5 Å². The van der Waals surface area contributed by atoms with Crippen LogP contribution in [0, 0.1) is 0 Å². The monoisotopic (exact) mass is 397 g/mol. The summed E-state index contributed by atoms with van der Waals surface area (Å²) in [6, 6.07) is 13.3. The summed E-state index contributed by atoms with van der Waals surface area (Å²) < 4.78 is 18.7. The maximum Gasteiger partial charge on any atom is 0.253 e. The average molecular weight is 397 g/mol. The molecule has 154 valence electrons. The predicted molar refractivity (Wildman–Crippen MR) is 111 cm³/mol. The van der Waals surface area contributed by atoms with Crippen LogP contribution in [0.15, 0.2) is 42.5 Å². The van der Waals surface area contributed by atoms with Crippen molar-refractivity contribution in [3.05, 3.63) is 59.2 Å². The lowest BCUT2D eigenvalue weighted by Gasteiger charge is -2.35. The second-order valence-electron chi connectivity index (χ2n) is 7.79.